The maximum absolute atomic E-state index is 13.4. The van der Waals surface area contributed by atoms with Crippen LogP contribution in [0.2, 0.25) is 0 Å². The van der Waals surface area contributed by atoms with Crippen LogP contribution in [-0.2, 0) is 9.47 Å². The molecule has 2 aliphatic heterocycles. The molecule has 44 heavy (non-hydrogen) atoms. The summed E-state index contributed by atoms with van der Waals surface area (Å²) in [4.78, 5) is 13.4. The fraction of sp³-hybridized carbons (Fsp3) is 0.464. The number of phenolic OH excluding ortho intramolecular Hbond substituents is 2. The molecule has 0 amide bonds. The maximum Gasteiger partial charge on any atom is 0.239 e. The lowest BCUT2D eigenvalue weighted by Crippen LogP contribution is -2.58. The fourth-order valence-corrected chi connectivity index (χ4v) is 4.97. The van der Waals surface area contributed by atoms with Gasteiger partial charge in [0.25, 0.3) is 0 Å². The van der Waals surface area contributed by atoms with Crippen molar-refractivity contribution in [2.75, 3.05) is 20.8 Å². The Morgan fingerprint density at radius 3 is 2.14 bits per heavy atom. The molecule has 2 fully saturated rings. The van der Waals surface area contributed by atoms with E-state index in [0.29, 0.717) is 0 Å². The van der Waals surface area contributed by atoms with Crippen molar-refractivity contribution >= 4 is 11.0 Å². The van der Waals surface area contributed by atoms with Gasteiger partial charge < -0.3 is 73.7 Å². The molecule has 2 aliphatic rings. The summed E-state index contributed by atoms with van der Waals surface area (Å²) in [6, 6.07) is 4.69. The number of benzene rings is 2. The molecule has 0 saturated carbocycles. The standard InChI is InChI=1S/C28H32O16/c1-9-18(32)21(35)23(37)28(41-9)42-11-6-12(29)17-15(7-11)43-24(26(39-3)20(17)34)10-4-13(30)25(38-2)16(5-10)44-27-22(36)19(33)14(31)8-40-27/h4-7,9,14,18-19,21-23,27-33,35-37H,8H2,1-3H3/t9-,14+,18-,19-,21+,22+,23+,27-,28-/m0/s1. The summed E-state index contributed by atoms with van der Waals surface area (Å²) in [5, 5.41) is 81.6. The zero-order valence-corrected chi connectivity index (χ0v) is 23.6. The van der Waals surface area contributed by atoms with E-state index >= 15 is 0 Å². The van der Waals surface area contributed by atoms with Gasteiger partial charge in [0.2, 0.25) is 29.5 Å². The van der Waals surface area contributed by atoms with Crippen LogP contribution >= 0.6 is 0 Å². The van der Waals surface area contributed by atoms with Gasteiger partial charge in [-0.1, -0.05) is 0 Å². The minimum atomic E-state index is -1.68. The van der Waals surface area contributed by atoms with E-state index in [4.69, 9.17) is 32.8 Å². The van der Waals surface area contributed by atoms with E-state index in [1.54, 1.807) is 0 Å². The Labute approximate surface area is 248 Å². The normalized spacial score (nSPS) is 30.6. The molecule has 0 bridgehead atoms. The quantitative estimate of drug-likeness (QED) is 0.156. The van der Waals surface area contributed by atoms with E-state index in [9.17, 15) is 45.6 Å². The molecule has 5 rings (SSSR count). The van der Waals surface area contributed by atoms with E-state index < -0.39 is 72.2 Å². The van der Waals surface area contributed by atoms with Crippen molar-refractivity contribution in [1.82, 2.24) is 0 Å². The van der Waals surface area contributed by atoms with Crippen molar-refractivity contribution in [3.63, 3.8) is 0 Å². The number of aliphatic hydroxyl groups is 6. The Kier molecular flexibility index (Phi) is 8.79. The van der Waals surface area contributed by atoms with Crippen molar-refractivity contribution in [2.24, 2.45) is 0 Å². The number of ether oxygens (including phenoxy) is 6. The Morgan fingerprint density at radius 1 is 0.773 bits per heavy atom. The van der Waals surface area contributed by atoms with E-state index in [1.807, 2.05) is 0 Å². The first-order valence-corrected chi connectivity index (χ1v) is 13.3. The highest BCUT2D eigenvalue weighted by Crippen LogP contribution is 2.44. The average molecular weight is 625 g/mol. The molecule has 0 unspecified atom stereocenters. The summed E-state index contributed by atoms with van der Waals surface area (Å²) >= 11 is 0. The second-order valence-corrected chi connectivity index (χ2v) is 10.3. The number of hydrogen-bond donors (Lipinski definition) is 8. The van der Waals surface area contributed by atoms with Gasteiger partial charge in [-0.2, -0.15) is 0 Å². The molecule has 8 N–H and O–H groups in total. The van der Waals surface area contributed by atoms with E-state index in [1.165, 1.54) is 33.3 Å². The molecule has 0 spiro atoms. The fourth-order valence-electron chi connectivity index (χ4n) is 4.97. The lowest BCUT2D eigenvalue weighted by molar-refractivity contribution is -0.268. The largest absolute Gasteiger partial charge is 0.507 e. The lowest BCUT2D eigenvalue weighted by atomic mass is 10.00. The van der Waals surface area contributed by atoms with Crippen molar-refractivity contribution in [3.8, 4) is 45.8 Å². The van der Waals surface area contributed by atoms with Crippen LogP contribution in [0, 0.1) is 0 Å². The predicted molar refractivity (Wildman–Crippen MR) is 146 cm³/mol. The third-order valence-electron chi connectivity index (χ3n) is 7.37. The number of aromatic hydroxyl groups is 2. The molecule has 3 heterocycles. The van der Waals surface area contributed by atoms with Gasteiger partial charge in [-0.15, -0.1) is 0 Å². The van der Waals surface area contributed by atoms with Crippen LogP contribution in [0.25, 0.3) is 22.3 Å². The minimum absolute atomic E-state index is 0.00261. The molecular formula is C28H32O16. The van der Waals surface area contributed by atoms with Gasteiger partial charge >= 0.3 is 0 Å². The van der Waals surface area contributed by atoms with Crippen LogP contribution in [-0.4, -0.2) is 117 Å². The van der Waals surface area contributed by atoms with Gasteiger partial charge in [0.1, 0.15) is 59.1 Å². The van der Waals surface area contributed by atoms with Gasteiger partial charge in [0, 0.05) is 17.7 Å². The van der Waals surface area contributed by atoms with Crippen LogP contribution in [0.3, 0.4) is 0 Å². The molecule has 2 saturated heterocycles. The topological polar surface area (TPSA) is 247 Å². The van der Waals surface area contributed by atoms with Gasteiger partial charge in [-0.3, -0.25) is 4.79 Å². The maximum atomic E-state index is 13.4. The molecule has 0 aliphatic carbocycles. The zero-order valence-electron chi connectivity index (χ0n) is 23.6. The molecule has 3 aromatic rings. The van der Waals surface area contributed by atoms with Gasteiger partial charge in [0.15, 0.2) is 17.3 Å². The molecule has 16 nitrogen and oxygen atoms in total. The monoisotopic (exact) mass is 624 g/mol. The number of phenols is 2. The Morgan fingerprint density at radius 2 is 1.45 bits per heavy atom. The Hall–Kier alpha value is -3.87. The van der Waals surface area contributed by atoms with Crippen LogP contribution in [0.1, 0.15) is 6.92 Å². The van der Waals surface area contributed by atoms with Crippen LogP contribution in [0.15, 0.2) is 33.5 Å². The second-order valence-electron chi connectivity index (χ2n) is 10.3. The molecule has 1 aromatic heterocycles. The third-order valence-corrected chi connectivity index (χ3v) is 7.37. The Bertz CT molecular complexity index is 1570. The van der Waals surface area contributed by atoms with Crippen LogP contribution in [0.4, 0.5) is 0 Å². The number of aliphatic hydroxyl groups excluding tert-OH is 6. The number of rotatable bonds is 7. The van der Waals surface area contributed by atoms with Crippen LogP contribution < -0.4 is 24.4 Å². The molecule has 9 atom stereocenters. The van der Waals surface area contributed by atoms with Crippen molar-refractivity contribution in [2.45, 2.75) is 62.2 Å². The summed E-state index contributed by atoms with van der Waals surface area (Å²) in [7, 11) is 2.41. The van der Waals surface area contributed by atoms with E-state index in [-0.39, 0.29) is 51.9 Å². The summed E-state index contributed by atoms with van der Waals surface area (Å²) < 4.78 is 38.5. The van der Waals surface area contributed by atoms with Crippen molar-refractivity contribution < 1.29 is 73.7 Å². The number of hydrogen-bond acceptors (Lipinski definition) is 16. The average Bonchev–Trinajstić information content (AvgIpc) is 2.98. The summed E-state index contributed by atoms with van der Waals surface area (Å²) in [6.45, 7) is 1.10. The smallest absolute Gasteiger partial charge is 0.239 e. The minimum Gasteiger partial charge on any atom is -0.507 e. The first-order valence-electron chi connectivity index (χ1n) is 13.3. The number of fused-ring (bicyclic) bond motifs is 1. The third kappa shape index (κ3) is 5.57. The molecule has 16 heteroatoms. The SMILES string of the molecule is COc1c(O)cc(-c2oc3cc(O[C@@H]4O[C@@H](C)[C@H](O)[C@@H](O)[C@H]4O)cc(O)c3c(=O)c2OC)cc1O[C@@H]1OC[C@@H](O)[C@H](O)[C@H]1O. The summed E-state index contributed by atoms with van der Waals surface area (Å²) in [6.07, 6.45) is -13.1. The van der Waals surface area contributed by atoms with Crippen molar-refractivity contribution in [1.29, 1.82) is 0 Å². The highest BCUT2D eigenvalue weighted by molar-refractivity contribution is 5.88. The van der Waals surface area contributed by atoms with Crippen LogP contribution in [0.5, 0.6) is 34.5 Å². The summed E-state index contributed by atoms with van der Waals surface area (Å²) in [5.74, 6) is -2.24. The van der Waals surface area contributed by atoms with Gasteiger partial charge in [0.05, 0.1) is 26.9 Å². The van der Waals surface area contributed by atoms with Gasteiger partial charge in [-0.25, -0.2) is 0 Å². The lowest BCUT2D eigenvalue weighted by Gasteiger charge is -2.38. The molecule has 0 radical (unpaired) electrons. The summed E-state index contributed by atoms with van der Waals surface area (Å²) in [5.41, 5.74) is -1.03. The first-order chi connectivity index (χ1) is 20.9. The molecular weight excluding hydrogens is 592 g/mol. The number of methoxy groups -OCH3 is 2. The highest BCUT2D eigenvalue weighted by Gasteiger charge is 2.43. The molecule has 2 aromatic carbocycles. The van der Waals surface area contributed by atoms with E-state index in [0.717, 1.165) is 12.1 Å². The highest BCUT2D eigenvalue weighted by atomic mass is 16.7. The first kappa shape index (κ1) is 31.6. The van der Waals surface area contributed by atoms with E-state index in [2.05, 4.69) is 0 Å². The predicted octanol–water partition coefficient (Wildman–Crippen LogP) is -1.09. The molecule has 240 valence electrons. The van der Waals surface area contributed by atoms with Crippen molar-refractivity contribution in [3.05, 3.63) is 34.5 Å². The van der Waals surface area contributed by atoms with Gasteiger partial charge in [-0.05, 0) is 19.1 Å². The Balaban J connectivity index is 1.57. The second kappa shape index (κ2) is 12.3. The zero-order chi connectivity index (χ0) is 32.0.